The second kappa shape index (κ2) is 7.20. The van der Waals surface area contributed by atoms with Crippen LogP contribution in [-0.4, -0.2) is 30.3 Å². The fraction of sp³-hybridized carbons (Fsp3) is 0.250. The molecule has 4 aliphatic rings. The van der Waals surface area contributed by atoms with E-state index in [4.69, 9.17) is 0 Å². The fourth-order valence-electron chi connectivity index (χ4n) is 2.49. The van der Waals surface area contributed by atoms with E-state index in [1.807, 2.05) is 0 Å². The summed E-state index contributed by atoms with van der Waals surface area (Å²) in [5.41, 5.74) is -0.748. The molecule has 0 radical (unpaired) electrons. The highest BCUT2D eigenvalue weighted by atomic mass is 79.9. The zero-order valence-corrected chi connectivity index (χ0v) is 18.3. The highest BCUT2D eigenvalue weighted by Crippen LogP contribution is 2.53. The van der Waals surface area contributed by atoms with Crippen LogP contribution < -0.4 is 9.47 Å². The average Bonchev–Trinajstić information content (AvgIpc) is 2.70. The lowest BCUT2D eigenvalue weighted by atomic mass is 10.0. The Bertz CT molecular complexity index is 1130. The topological polar surface area (TPSA) is 52.6 Å². The summed E-state index contributed by atoms with van der Waals surface area (Å²) in [5.74, 6) is -3.42. The quantitative estimate of drug-likeness (QED) is 0.240. The molecule has 31 heavy (non-hydrogen) atoms. The predicted octanol–water partition coefficient (Wildman–Crippen LogP) is 6.42. The lowest BCUT2D eigenvalue weighted by molar-refractivity contribution is -0.277. The maximum Gasteiger partial charge on any atom is 0.475 e. The van der Waals surface area contributed by atoms with Gasteiger partial charge in [-0.25, -0.2) is 8.42 Å². The first-order valence-electron chi connectivity index (χ1n) is 7.68. The molecule has 0 atom stereocenters. The normalized spacial score (nSPS) is 15.9. The van der Waals surface area contributed by atoms with Crippen molar-refractivity contribution in [2.75, 3.05) is 0 Å². The summed E-state index contributed by atoms with van der Waals surface area (Å²) in [6, 6.07) is 5.42. The number of hydrogen-bond donors (Lipinski definition) is 0. The monoisotopic (exact) mass is 604 g/mol. The number of ether oxygens (including phenoxy) is 2. The largest absolute Gasteiger partial charge is 0.475 e. The Hall–Kier alpha value is -1.61. The number of benzene rings is 2. The highest BCUT2D eigenvalue weighted by Gasteiger charge is 2.61. The molecule has 0 spiro atoms. The minimum atomic E-state index is -5.51. The van der Waals surface area contributed by atoms with Gasteiger partial charge in [-0.1, -0.05) is 12.1 Å². The van der Waals surface area contributed by atoms with Gasteiger partial charge in [0.15, 0.2) is 11.5 Å². The highest BCUT2D eigenvalue weighted by molar-refractivity contribution is 9.10. The summed E-state index contributed by atoms with van der Waals surface area (Å²) >= 11 is 2.71. The first-order chi connectivity index (χ1) is 13.9. The Labute approximate surface area is 185 Å². The molecular weight excluding hydrogens is 600 g/mol. The van der Waals surface area contributed by atoms with Gasteiger partial charge in [0, 0.05) is 37.4 Å². The summed E-state index contributed by atoms with van der Waals surface area (Å²) < 4.78 is 142. The van der Waals surface area contributed by atoms with Crippen LogP contribution in [0.5, 0.6) is 11.5 Å². The van der Waals surface area contributed by atoms with Gasteiger partial charge in [0.05, 0.1) is 4.90 Å². The summed E-state index contributed by atoms with van der Waals surface area (Å²) in [6.45, 7) is 0. The lowest BCUT2D eigenvalue weighted by Gasteiger charge is -2.28. The molecule has 0 unspecified atom stereocenters. The molecule has 2 aromatic rings. The van der Waals surface area contributed by atoms with Crippen LogP contribution in [0.2, 0.25) is 0 Å². The van der Waals surface area contributed by atoms with Gasteiger partial charge in [-0.15, -0.1) is 0 Å². The van der Waals surface area contributed by atoms with Crippen LogP contribution in [0.25, 0.3) is 11.1 Å². The molecule has 0 amide bonds. The third kappa shape index (κ3) is 4.11. The predicted molar refractivity (Wildman–Crippen MR) is 96.2 cm³/mol. The molecule has 6 rings (SSSR count). The van der Waals surface area contributed by atoms with Crippen LogP contribution in [0.3, 0.4) is 0 Å². The Kier molecular flexibility index (Phi) is 5.58. The van der Waals surface area contributed by atoms with Crippen LogP contribution >= 0.6 is 31.9 Å². The SMILES string of the molecule is O=S1(=O)c2ccc(cc2)-c2ccc1c(OC(F)(F)C(F)(F)Br)c2OC(F)(F)C(F)(F)Br. The molecular formula is C16H6Br2F8O4S. The van der Waals surface area contributed by atoms with E-state index in [0.29, 0.717) is 6.07 Å². The van der Waals surface area contributed by atoms with Crippen LogP contribution in [0, 0.1) is 0 Å². The van der Waals surface area contributed by atoms with E-state index in [2.05, 4.69) is 9.47 Å². The molecule has 0 N–H and O–H groups in total. The van der Waals surface area contributed by atoms with Crippen molar-refractivity contribution in [3.8, 4) is 22.6 Å². The fourth-order valence-corrected chi connectivity index (χ4v) is 4.03. The van der Waals surface area contributed by atoms with Crippen LogP contribution in [-0.2, 0) is 9.84 Å². The van der Waals surface area contributed by atoms with Crippen molar-refractivity contribution in [2.24, 2.45) is 0 Å². The maximum absolute atomic E-state index is 13.9. The molecule has 15 heteroatoms. The van der Waals surface area contributed by atoms with Crippen molar-refractivity contribution in [1.29, 1.82) is 0 Å². The molecule has 170 valence electrons. The van der Waals surface area contributed by atoms with Gasteiger partial charge in [0.25, 0.3) is 0 Å². The van der Waals surface area contributed by atoms with Crippen LogP contribution in [0.1, 0.15) is 0 Å². The Morgan fingerprint density at radius 3 is 1.58 bits per heavy atom. The molecule has 4 nitrogen and oxygen atoms in total. The van der Waals surface area contributed by atoms with Gasteiger partial charge < -0.3 is 9.47 Å². The second-order valence-electron chi connectivity index (χ2n) is 6.03. The van der Waals surface area contributed by atoms with Crippen molar-refractivity contribution in [1.82, 2.24) is 0 Å². The van der Waals surface area contributed by atoms with E-state index in [0.717, 1.165) is 30.3 Å². The second-order valence-corrected chi connectivity index (χ2v) is 9.94. The summed E-state index contributed by atoms with van der Waals surface area (Å²) in [6.07, 6.45) is -11.0. The van der Waals surface area contributed by atoms with Gasteiger partial charge >= 0.3 is 21.9 Å². The molecule has 2 aromatic carbocycles. The molecule has 0 aromatic heterocycles. The average molecular weight is 606 g/mol. The lowest BCUT2D eigenvalue weighted by Crippen LogP contribution is -2.43. The van der Waals surface area contributed by atoms with E-state index < -0.39 is 58.6 Å². The number of hydrogen-bond acceptors (Lipinski definition) is 4. The van der Waals surface area contributed by atoms with Crippen molar-refractivity contribution in [3.05, 3.63) is 36.4 Å². The minimum absolute atomic E-state index is 0.144. The summed E-state index contributed by atoms with van der Waals surface area (Å²) in [4.78, 5) is -12.0. The van der Waals surface area contributed by atoms with Gasteiger partial charge in [0.1, 0.15) is 4.90 Å². The minimum Gasteiger partial charge on any atom is -0.423 e. The molecule has 4 bridgehead atoms. The smallest absolute Gasteiger partial charge is 0.423 e. The van der Waals surface area contributed by atoms with Crippen molar-refractivity contribution >= 4 is 41.7 Å². The zero-order valence-electron chi connectivity index (χ0n) is 14.3. The van der Waals surface area contributed by atoms with E-state index >= 15 is 0 Å². The van der Waals surface area contributed by atoms with E-state index in [1.165, 1.54) is 31.9 Å². The number of sulfone groups is 1. The third-order valence-electron chi connectivity index (χ3n) is 3.96. The number of rotatable bonds is 6. The zero-order chi connectivity index (χ0) is 23.6. The molecule has 0 fully saturated rings. The van der Waals surface area contributed by atoms with Gasteiger partial charge in [0.2, 0.25) is 9.84 Å². The Balaban J connectivity index is 2.38. The maximum atomic E-state index is 13.9. The summed E-state index contributed by atoms with van der Waals surface area (Å²) in [7, 11) is -4.82. The Morgan fingerprint density at radius 2 is 1.13 bits per heavy atom. The van der Waals surface area contributed by atoms with Gasteiger partial charge in [-0.2, -0.15) is 35.1 Å². The molecule has 0 aliphatic carbocycles. The van der Waals surface area contributed by atoms with Crippen molar-refractivity contribution in [3.63, 3.8) is 0 Å². The Morgan fingerprint density at radius 1 is 0.677 bits per heavy atom. The van der Waals surface area contributed by atoms with Crippen molar-refractivity contribution < 1.29 is 53.0 Å². The molecule has 0 saturated heterocycles. The van der Waals surface area contributed by atoms with Crippen molar-refractivity contribution in [2.45, 2.75) is 31.7 Å². The van der Waals surface area contributed by atoms with Crippen LogP contribution in [0.4, 0.5) is 35.1 Å². The molecule has 4 aliphatic heterocycles. The van der Waals surface area contributed by atoms with E-state index in [-0.39, 0.29) is 5.56 Å². The summed E-state index contributed by atoms with van der Waals surface area (Å²) in [5, 5.41) is 0. The number of halogens is 10. The van der Waals surface area contributed by atoms with Gasteiger partial charge in [-0.3, -0.25) is 0 Å². The van der Waals surface area contributed by atoms with E-state index in [1.54, 1.807) is 0 Å². The standard InChI is InChI=1S/C16H6Br2F8O4S/c17-13(19,20)15(23,24)29-11-9-5-6-10(12(11)30-16(25,26)14(18,21)22)31(27,28)8-3-1-7(9)2-4-8/h1-6H. The first-order valence-corrected chi connectivity index (χ1v) is 10.7. The first kappa shape index (κ1) is 24.0. The molecule has 0 saturated carbocycles. The van der Waals surface area contributed by atoms with Gasteiger partial charge in [-0.05, 0) is 29.8 Å². The number of alkyl halides is 10. The molecule has 4 heterocycles. The van der Waals surface area contributed by atoms with Crippen LogP contribution in [0.15, 0.2) is 46.2 Å². The van der Waals surface area contributed by atoms with E-state index in [9.17, 15) is 43.5 Å². The third-order valence-corrected chi connectivity index (χ3v) is 6.68.